The van der Waals surface area contributed by atoms with E-state index in [0.29, 0.717) is 24.7 Å². The Balaban J connectivity index is 1.48. The third-order valence-corrected chi connectivity index (χ3v) is 6.94. The molecule has 0 bridgehead atoms. The summed E-state index contributed by atoms with van der Waals surface area (Å²) in [5.41, 5.74) is 1.16. The predicted molar refractivity (Wildman–Crippen MR) is 119 cm³/mol. The highest BCUT2D eigenvalue weighted by Crippen LogP contribution is 2.35. The van der Waals surface area contributed by atoms with E-state index in [-0.39, 0.29) is 30.3 Å². The summed E-state index contributed by atoms with van der Waals surface area (Å²) in [7, 11) is 0. The Labute approximate surface area is 186 Å². The van der Waals surface area contributed by atoms with E-state index >= 15 is 0 Å². The lowest BCUT2D eigenvalue weighted by Gasteiger charge is -2.37. The van der Waals surface area contributed by atoms with Crippen LogP contribution in [0.4, 0.5) is 0 Å². The van der Waals surface area contributed by atoms with Crippen molar-refractivity contribution in [1.82, 2.24) is 9.80 Å². The van der Waals surface area contributed by atoms with E-state index in [1.54, 1.807) is 28.4 Å². The summed E-state index contributed by atoms with van der Waals surface area (Å²) in [4.78, 5) is 30.9. The second-order valence-electron chi connectivity index (χ2n) is 7.95. The molecular weight excluding hydrogens is 420 g/mol. The SMILES string of the molecule is CCCN(CC(=O)N1CCc2sccc2C1COc1ccc(Cl)cc1)C(=O)C1CC1. The van der Waals surface area contributed by atoms with E-state index in [2.05, 4.69) is 11.4 Å². The summed E-state index contributed by atoms with van der Waals surface area (Å²) < 4.78 is 6.03. The van der Waals surface area contributed by atoms with Gasteiger partial charge in [-0.1, -0.05) is 18.5 Å². The number of carbonyl (C=O) groups excluding carboxylic acids is 2. The minimum atomic E-state index is -0.150. The summed E-state index contributed by atoms with van der Waals surface area (Å²) in [5.74, 6) is 0.982. The molecule has 1 aliphatic carbocycles. The maximum Gasteiger partial charge on any atom is 0.242 e. The van der Waals surface area contributed by atoms with Crippen molar-refractivity contribution in [2.24, 2.45) is 5.92 Å². The zero-order valence-corrected chi connectivity index (χ0v) is 18.8. The molecule has 2 amide bonds. The van der Waals surface area contributed by atoms with Crippen LogP contribution in [0.25, 0.3) is 0 Å². The summed E-state index contributed by atoms with van der Waals surface area (Å²) in [6.07, 6.45) is 3.60. The van der Waals surface area contributed by atoms with E-state index in [0.717, 1.165) is 37.0 Å². The quantitative estimate of drug-likeness (QED) is 0.597. The van der Waals surface area contributed by atoms with Gasteiger partial charge < -0.3 is 14.5 Å². The first kappa shape index (κ1) is 21.2. The number of halogens is 1. The Morgan fingerprint density at radius 2 is 2.00 bits per heavy atom. The smallest absolute Gasteiger partial charge is 0.242 e. The molecule has 0 radical (unpaired) electrons. The number of ether oxygens (including phenoxy) is 1. The number of benzene rings is 1. The second kappa shape index (κ2) is 9.40. The monoisotopic (exact) mass is 446 g/mol. The molecule has 1 atom stereocenters. The van der Waals surface area contributed by atoms with Crippen LogP contribution in [0.1, 0.15) is 42.7 Å². The molecule has 4 rings (SSSR count). The number of fused-ring (bicyclic) bond motifs is 1. The Morgan fingerprint density at radius 1 is 1.23 bits per heavy atom. The Morgan fingerprint density at radius 3 is 2.70 bits per heavy atom. The lowest BCUT2D eigenvalue weighted by Crippen LogP contribution is -2.48. The molecule has 160 valence electrons. The first-order chi connectivity index (χ1) is 14.6. The first-order valence-corrected chi connectivity index (χ1v) is 11.9. The van der Waals surface area contributed by atoms with Crippen molar-refractivity contribution in [3.8, 4) is 5.75 Å². The maximum absolute atomic E-state index is 13.3. The van der Waals surface area contributed by atoms with Gasteiger partial charge in [0.2, 0.25) is 11.8 Å². The van der Waals surface area contributed by atoms with Gasteiger partial charge in [0, 0.05) is 28.9 Å². The molecule has 0 saturated heterocycles. The van der Waals surface area contributed by atoms with Gasteiger partial charge in [0.05, 0.1) is 12.6 Å². The molecular formula is C23H27ClN2O3S. The topological polar surface area (TPSA) is 49.9 Å². The summed E-state index contributed by atoms with van der Waals surface area (Å²) in [5, 5.41) is 2.74. The molecule has 1 unspecified atom stereocenters. The number of amides is 2. The lowest BCUT2D eigenvalue weighted by atomic mass is 10.0. The first-order valence-electron chi connectivity index (χ1n) is 10.6. The Bertz CT molecular complexity index is 894. The van der Waals surface area contributed by atoms with Crippen molar-refractivity contribution < 1.29 is 14.3 Å². The fourth-order valence-electron chi connectivity index (χ4n) is 3.96. The van der Waals surface area contributed by atoms with E-state index in [1.165, 1.54) is 4.88 Å². The average molecular weight is 447 g/mol. The molecule has 1 aliphatic heterocycles. The van der Waals surface area contributed by atoms with Gasteiger partial charge in [0.25, 0.3) is 0 Å². The van der Waals surface area contributed by atoms with Crippen LogP contribution in [-0.2, 0) is 16.0 Å². The number of nitrogens with zero attached hydrogens (tertiary/aromatic N) is 2. The van der Waals surface area contributed by atoms with Crippen LogP contribution in [0, 0.1) is 5.92 Å². The van der Waals surface area contributed by atoms with Crippen LogP contribution in [0.3, 0.4) is 0 Å². The normalized spacial score (nSPS) is 18.1. The molecule has 0 spiro atoms. The summed E-state index contributed by atoms with van der Waals surface area (Å²) in [6, 6.07) is 9.20. The minimum absolute atomic E-state index is 0.000920. The van der Waals surface area contributed by atoms with Gasteiger partial charge >= 0.3 is 0 Å². The van der Waals surface area contributed by atoms with Crippen molar-refractivity contribution in [1.29, 1.82) is 0 Å². The van der Waals surface area contributed by atoms with Gasteiger partial charge in [0.15, 0.2) is 0 Å². The van der Waals surface area contributed by atoms with Gasteiger partial charge in [-0.2, -0.15) is 0 Å². The molecule has 1 aromatic heterocycles. The van der Waals surface area contributed by atoms with Crippen LogP contribution in [0.5, 0.6) is 5.75 Å². The molecule has 1 saturated carbocycles. The standard InChI is InChI=1S/C23H27ClN2O3S/c1-2-11-25(23(28)16-3-4-16)14-22(27)26-12-9-21-19(10-13-30-21)20(26)15-29-18-7-5-17(24)6-8-18/h5-8,10,13,16,20H,2-4,9,11-12,14-15H2,1H3. The van der Waals surface area contributed by atoms with Crippen LogP contribution in [0.2, 0.25) is 5.02 Å². The number of thiophene rings is 1. The predicted octanol–water partition coefficient (Wildman–Crippen LogP) is 4.55. The fraction of sp³-hybridized carbons (Fsp3) is 0.478. The largest absolute Gasteiger partial charge is 0.491 e. The highest BCUT2D eigenvalue weighted by Gasteiger charge is 2.37. The summed E-state index contributed by atoms with van der Waals surface area (Å²) >= 11 is 7.69. The zero-order valence-electron chi connectivity index (χ0n) is 17.2. The second-order valence-corrected chi connectivity index (χ2v) is 9.39. The van der Waals surface area contributed by atoms with Crippen molar-refractivity contribution in [2.75, 3.05) is 26.2 Å². The van der Waals surface area contributed by atoms with E-state index in [1.807, 2.05) is 24.0 Å². The third kappa shape index (κ3) is 4.81. The molecule has 2 heterocycles. The third-order valence-electron chi connectivity index (χ3n) is 5.69. The van der Waals surface area contributed by atoms with Gasteiger partial charge in [-0.05, 0) is 67.0 Å². The maximum atomic E-state index is 13.3. The lowest BCUT2D eigenvalue weighted by molar-refractivity contribution is -0.143. The highest BCUT2D eigenvalue weighted by molar-refractivity contribution is 7.10. The van der Waals surface area contributed by atoms with E-state index < -0.39 is 0 Å². The van der Waals surface area contributed by atoms with Crippen molar-refractivity contribution in [2.45, 2.75) is 38.6 Å². The minimum Gasteiger partial charge on any atom is -0.491 e. The van der Waals surface area contributed by atoms with Crippen LogP contribution in [-0.4, -0.2) is 47.9 Å². The van der Waals surface area contributed by atoms with Crippen LogP contribution >= 0.6 is 22.9 Å². The van der Waals surface area contributed by atoms with Gasteiger partial charge in [-0.25, -0.2) is 0 Å². The molecule has 1 fully saturated rings. The van der Waals surface area contributed by atoms with E-state index in [4.69, 9.17) is 16.3 Å². The van der Waals surface area contributed by atoms with Gasteiger partial charge in [0.1, 0.15) is 12.4 Å². The molecule has 30 heavy (non-hydrogen) atoms. The number of hydrogen-bond donors (Lipinski definition) is 0. The fourth-order valence-corrected chi connectivity index (χ4v) is 5.01. The summed E-state index contributed by atoms with van der Waals surface area (Å²) in [6.45, 7) is 3.85. The van der Waals surface area contributed by atoms with Crippen molar-refractivity contribution >= 4 is 34.8 Å². The molecule has 0 N–H and O–H groups in total. The van der Waals surface area contributed by atoms with Crippen LogP contribution in [0.15, 0.2) is 35.7 Å². The van der Waals surface area contributed by atoms with Crippen LogP contribution < -0.4 is 4.74 Å². The van der Waals surface area contributed by atoms with E-state index in [9.17, 15) is 9.59 Å². The molecule has 7 heteroatoms. The number of carbonyl (C=O) groups is 2. The highest BCUT2D eigenvalue weighted by atomic mass is 35.5. The molecule has 1 aromatic carbocycles. The van der Waals surface area contributed by atoms with Crippen molar-refractivity contribution in [3.05, 3.63) is 51.2 Å². The Kier molecular flexibility index (Phi) is 6.64. The average Bonchev–Trinajstić information content (AvgIpc) is 3.49. The Hall–Kier alpha value is -2.05. The zero-order chi connectivity index (χ0) is 21.1. The van der Waals surface area contributed by atoms with Gasteiger partial charge in [-0.15, -0.1) is 11.3 Å². The molecule has 2 aromatic rings. The van der Waals surface area contributed by atoms with Gasteiger partial charge in [-0.3, -0.25) is 9.59 Å². The van der Waals surface area contributed by atoms with Crippen molar-refractivity contribution in [3.63, 3.8) is 0 Å². The molecule has 5 nitrogen and oxygen atoms in total. The number of hydrogen-bond acceptors (Lipinski definition) is 4. The molecule has 2 aliphatic rings. The number of rotatable bonds is 8.